The van der Waals surface area contributed by atoms with Crippen LogP contribution in [0.2, 0.25) is 0 Å². The van der Waals surface area contributed by atoms with E-state index in [-0.39, 0.29) is 12.6 Å². The van der Waals surface area contributed by atoms with Gasteiger partial charge in [0.15, 0.2) is 0 Å². The molecule has 0 amide bonds. The van der Waals surface area contributed by atoms with Crippen LogP contribution < -0.4 is 5.32 Å². The first-order valence-electron chi connectivity index (χ1n) is 6.68. The second-order valence-corrected chi connectivity index (χ2v) is 5.53. The van der Waals surface area contributed by atoms with E-state index in [2.05, 4.69) is 44.5 Å². The zero-order valence-electron chi connectivity index (χ0n) is 11.5. The maximum absolute atomic E-state index is 8.78. The fourth-order valence-electron chi connectivity index (χ4n) is 1.96. The molecule has 0 aliphatic heterocycles. The van der Waals surface area contributed by atoms with E-state index in [0.29, 0.717) is 19.5 Å². The Hall–Kier alpha value is -1.24. The number of halogens is 1. The molecule has 0 aliphatic rings. The van der Waals surface area contributed by atoms with Crippen LogP contribution in [-0.4, -0.2) is 26.7 Å². The first-order valence-corrected chi connectivity index (χ1v) is 7.47. The van der Waals surface area contributed by atoms with Crippen molar-refractivity contribution in [3.05, 3.63) is 46.2 Å². The Balaban J connectivity index is 1.88. The Morgan fingerprint density at radius 2 is 2.20 bits per heavy atom. The molecular formula is C14H19BrN4O. The van der Waals surface area contributed by atoms with Crippen LogP contribution in [-0.2, 0) is 13.1 Å². The zero-order chi connectivity index (χ0) is 14.4. The SMILES string of the molecule is CC(NCc1cn(CCCO)nn1)c1ccccc1Br. The van der Waals surface area contributed by atoms with Gasteiger partial charge in [-0.05, 0) is 25.0 Å². The fourth-order valence-corrected chi connectivity index (χ4v) is 2.58. The molecule has 0 bridgehead atoms. The van der Waals surface area contributed by atoms with Crippen molar-refractivity contribution < 1.29 is 5.11 Å². The highest BCUT2D eigenvalue weighted by atomic mass is 79.9. The molecule has 0 saturated carbocycles. The average Bonchev–Trinajstić information content (AvgIpc) is 2.91. The predicted molar refractivity (Wildman–Crippen MR) is 81.1 cm³/mol. The second-order valence-electron chi connectivity index (χ2n) is 4.67. The van der Waals surface area contributed by atoms with E-state index in [1.54, 1.807) is 4.68 Å². The third-order valence-electron chi connectivity index (χ3n) is 3.09. The first kappa shape index (κ1) is 15.2. The summed E-state index contributed by atoms with van der Waals surface area (Å²) in [6, 6.07) is 8.41. The number of nitrogens with zero attached hydrogens (tertiary/aromatic N) is 3. The molecule has 0 spiro atoms. The molecule has 1 unspecified atom stereocenters. The summed E-state index contributed by atoms with van der Waals surface area (Å²) in [5, 5.41) is 20.4. The van der Waals surface area contributed by atoms with E-state index >= 15 is 0 Å². The lowest BCUT2D eigenvalue weighted by atomic mass is 10.1. The molecule has 1 aromatic carbocycles. The Morgan fingerprint density at radius 3 is 2.95 bits per heavy atom. The van der Waals surface area contributed by atoms with Gasteiger partial charge in [0.2, 0.25) is 0 Å². The number of aliphatic hydroxyl groups excluding tert-OH is 1. The highest BCUT2D eigenvalue weighted by molar-refractivity contribution is 9.10. The summed E-state index contributed by atoms with van der Waals surface area (Å²) >= 11 is 3.56. The van der Waals surface area contributed by atoms with Crippen LogP contribution in [0.25, 0.3) is 0 Å². The number of nitrogens with one attached hydrogen (secondary N) is 1. The topological polar surface area (TPSA) is 63.0 Å². The van der Waals surface area contributed by atoms with E-state index in [4.69, 9.17) is 5.11 Å². The summed E-state index contributed by atoms with van der Waals surface area (Å²) < 4.78 is 2.86. The van der Waals surface area contributed by atoms with Crippen LogP contribution in [0.4, 0.5) is 0 Å². The number of benzene rings is 1. The molecule has 20 heavy (non-hydrogen) atoms. The predicted octanol–water partition coefficient (Wildman–Crippen LogP) is 2.27. The summed E-state index contributed by atoms with van der Waals surface area (Å²) in [4.78, 5) is 0. The lowest BCUT2D eigenvalue weighted by Crippen LogP contribution is -2.18. The van der Waals surface area contributed by atoms with Crippen molar-refractivity contribution in [2.45, 2.75) is 32.5 Å². The molecule has 0 fully saturated rings. The van der Waals surface area contributed by atoms with Crippen molar-refractivity contribution >= 4 is 15.9 Å². The van der Waals surface area contributed by atoms with Crippen LogP contribution in [0, 0.1) is 0 Å². The van der Waals surface area contributed by atoms with Crippen LogP contribution in [0.5, 0.6) is 0 Å². The molecule has 5 nitrogen and oxygen atoms in total. The van der Waals surface area contributed by atoms with Crippen LogP contribution in [0.15, 0.2) is 34.9 Å². The van der Waals surface area contributed by atoms with E-state index in [1.165, 1.54) is 5.56 Å². The maximum atomic E-state index is 8.78. The standard InChI is InChI=1S/C14H19BrN4O/c1-11(13-5-2-3-6-14(13)15)16-9-12-10-19(18-17-12)7-4-8-20/h2-3,5-6,10-11,16,20H,4,7-9H2,1H3. The van der Waals surface area contributed by atoms with E-state index in [0.717, 1.165) is 10.2 Å². The third-order valence-corrected chi connectivity index (χ3v) is 3.81. The highest BCUT2D eigenvalue weighted by Gasteiger charge is 2.09. The largest absolute Gasteiger partial charge is 0.396 e. The summed E-state index contributed by atoms with van der Waals surface area (Å²) in [7, 11) is 0. The van der Waals surface area contributed by atoms with Crippen LogP contribution >= 0.6 is 15.9 Å². The minimum atomic E-state index is 0.173. The van der Waals surface area contributed by atoms with Crippen molar-refractivity contribution in [1.82, 2.24) is 20.3 Å². The van der Waals surface area contributed by atoms with Crippen molar-refractivity contribution in [3.63, 3.8) is 0 Å². The second kappa shape index (κ2) is 7.52. The fraction of sp³-hybridized carbons (Fsp3) is 0.429. The van der Waals surface area contributed by atoms with Gasteiger partial charge < -0.3 is 10.4 Å². The Labute approximate surface area is 127 Å². The summed E-state index contributed by atoms with van der Waals surface area (Å²) in [6.45, 7) is 3.66. The Bertz CT molecular complexity index is 543. The zero-order valence-corrected chi connectivity index (χ0v) is 13.0. The van der Waals surface area contributed by atoms with Gasteiger partial charge in [0, 0.05) is 36.4 Å². The van der Waals surface area contributed by atoms with Gasteiger partial charge in [-0.2, -0.15) is 0 Å². The normalized spacial score (nSPS) is 12.6. The third kappa shape index (κ3) is 4.13. The van der Waals surface area contributed by atoms with Gasteiger partial charge in [0.25, 0.3) is 0 Å². The van der Waals surface area contributed by atoms with Gasteiger partial charge in [-0.1, -0.05) is 39.3 Å². The van der Waals surface area contributed by atoms with Crippen LogP contribution in [0.3, 0.4) is 0 Å². The molecule has 1 heterocycles. The molecule has 2 aromatic rings. The van der Waals surface area contributed by atoms with Gasteiger partial charge in [-0.15, -0.1) is 5.10 Å². The molecule has 6 heteroatoms. The average molecular weight is 339 g/mol. The quantitative estimate of drug-likeness (QED) is 0.812. The minimum Gasteiger partial charge on any atom is -0.396 e. The van der Waals surface area contributed by atoms with Gasteiger partial charge in [-0.25, -0.2) is 0 Å². The molecule has 108 valence electrons. The summed E-state index contributed by atoms with van der Waals surface area (Å²) in [5.74, 6) is 0. The Morgan fingerprint density at radius 1 is 1.40 bits per heavy atom. The number of rotatable bonds is 7. The Kier molecular flexibility index (Phi) is 5.70. The number of aryl methyl sites for hydroxylation is 1. The molecule has 1 aromatic heterocycles. The highest BCUT2D eigenvalue weighted by Crippen LogP contribution is 2.22. The molecule has 0 radical (unpaired) electrons. The molecule has 1 atom stereocenters. The summed E-state index contributed by atoms with van der Waals surface area (Å²) in [6.07, 6.45) is 2.61. The van der Waals surface area contributed by atoms with Gasteiger partial charge >= 0.3 is 0 Å². The van der Waals surface area contributed by atoms with Crippen LogP contribution in [0.1, 0.15) is 30.6 Å². The monoisotopic (exact) mass is 338 g/mol. The van der Waals surface area contributed by atoms with Gasteiger partial charge in [0.05, 0.1) is 5.69 Å². The van der Waals surface area contributed by atoms with E-state index in [1.807, 2.05) is 24.4 Å². The molecule has 2 rings (SSSR count). The summed E-state index contributed by atoms with van der Waals surface area (Å²) in [5.41, 5.74) is 2.13. The number of aromatic nitrogens is 3. The van der Waals surface area contributed by atoms with E-state index in [9.17, 15) is 0 Å². The lowest BCUT2D eigenvalue weighted by molar-refractivity contribution is 0.276. The molecule has 2 N–H and O–H groups in total. The number of hydrogen-bond donors (Lipinski definition) is 2. The molecule has 0 aliphatic carbocycles. The van der Waals surface area contributed by atoms with Crippen molar-refractivity contribution in [2.24, 2.45) is 0 Å². The molecular weight excluding hydrogens is 320 g/mol. The smallest absolute Gasteiger partial charge is 0.0965 e. The van der Waals surface area contributed by atoms with Crippen molar-refractivity contribution in [1.29, 1.82) is 0 Å². The maximum Gasteiger partial charge on any atom is 0.0965 e. The number of hydrogen-bond acceptors (Lipinski definition) is 4. The van der Waals surface area contributed by atoms with Crippen molar-refractivity contribution in [2.75, 3.05) is 6.61 Å². The first-order chi connectivity index (χ1) is 9.70. The van der Waals surface area contributed by atoms with Crippen molar-refractivity contribution in [3.8, 4) is 0 Å². The van der Waals surface area contributed by atoms with Gasteiger partial charge in [-0.3, -0.25) is 4.68 Å². The molecule has 0 saturated heterocycles. The number of aliphatic hydroxyl groups is 1. The lowest BCUT2D eigenvalue weighted by Gasteiger charge is -2.14. The minimum absolute atomic E-state index is 0.173. The van der Waals surface area contributed by atoms with E-state index < -0.39 is 0 Å². The van der Waals surface area contributed by atoms with Gasteiger partial charge in [0.1, 0.15) is 0 Å².